The van der Waals surface area contributed by atoms with Crippen LogP contribution >= 0.6 is 15.9 Å². The maximum absolute atomic E-state index is 3.78. The molecule has 0 amide bonds. The molecular weight excluding hydrogens is 276 g/mol. The third-order valence-electron chi connectivity index (χ3n) is 3.49. The zero-order chi connectivity index (χ0) is 12.3. The summed E-state index contributed by atoms with van der Waals surface area (Å²) in [5.41, 5.74) is 1.39. The van der Waals surface area contributed by atoms with Crippen LogP contribution in [-0.2, 0) is 0 Å². The maximum Gasteiger partial charge on any atom is 0.0320 e. The Kier molecular flexibility index (Phi) is 4.60. The molecule has 17 heavy (non-hydrogen) atoms. The third kappa shape index (κ3) is 3.54. The fraction of sp³-hybridized carbons (Fsp3) is 0.571. The van der Waals surface area contributed by atoms with Crippen LogP contribution < -0.4 is 5.32 Å². The molecule has 0 bridgehead atoms. The molecular formula is C14H21BrN2. The first-order chi connectivity index (χ1) is 8.19. The van der Waals surface area contributed by atoms with Crippen molar-refractivity contribution in [3.05, 3.63) is 34.3 Å². The van der Waals surface area contributed by atoms with Crippen molar-refractivity contribution in [2.24, 2.45) is 0 Å². The van der Waals surface area contributed by atoms with Gasteiger partial charge in [-0.1, -0.05) is 35.0 Å². The van der Waals surface area contributed by atoms with Gasteiger partial charge in [-0.2, -0.15) is 0 Å². The number of likely N-dealkylation sites (tertiary alicyclic amines) is 1. The molecule has 0 aromatic heterocycles. The molecule has 1 saturated heterocycles. The molecule has 1 aliphatic rings. The van der Waals surface area contributed by atoms with Crippen molar-refractivity contribution in [1.29, 1.82) is 0 Å². The average Bonchev–Trinajstić information content (AvgIpc) is 2.72. The van der Waals surface area contributed by atoms with Crippen molar-refractivity contribution in [1.82, 2.24) is 10.2 Å². The Hall–Kier alpha value is -0.380. The van der Waals surface area contributed by atoms with Gasteiger partial charge in [-0.3, -0.25) is 0 Å². The zero-order valence-electron chi connectivity index (χ0n) is 10.6. The minimum atomic E-state index is 0.476. The molecule has 0 aliphatic carbocycles. The van der Waals surface area contributed by atoms with Crippen LogP contribution in [0.3, 0.4) is 0 Å². The minimum Gasteiger partial charge on any atom is -0.306 e. The molecule has 1 aromatic rings. The van der Waals surface area contributed by atoms with E-state index in [9.17, 15) is 0 Å². The van der Waals surface area contributed by atoms with Crippen LogP contribution in [0.4, 0.5) is 0 Å². The van der Waals surface area contributed by atoms with Crippen LogP contribution in [0.15, 0.2) is 28.7 Å². The zero-order valence-corrected chi connectivity index (χ0v) is 12.2. The van der Waals surface area contributed by atoms with Gasteiger partial charge in [0.2, 0.25) is 0 Å². The fourth-order valence-electron chi connectivity index (χ4n) is 2.53. The van der Waals surface area contributed by atoms with Crippen molar-refractivity contribution in [3.63, 3.8) is 0 Å². The lowest BCUT2D eigenvalue weighted by molar-refractivity contribution is 0.379. The van der Waals surface area contributed by atoms with Crippen LogP contribution in [-0.4, -0.2) is 31.1 Å². The lowest BCUT2D eigenvalue weighted by Crippen LogP contribution is -2.34. The van der Waals surface area contributed by atoms with Crippen LogP contribution in [0.2, 0.25) is 0 Å². The van der Waals surface area contributed by atoms with Gasteiger partial charge < -0.3 is 10.2 Å². The predicted octanol–water partition coefficient (Wildman–Crippen LogP) is 3.19. The Bertz CT molecular complexity index is 367. The van der Waals surface area contributed by atoms with Crippen LogP contribution in [0.5, 0.6) is 0 Å². The normalized spacial score (nSPS) is 22.9. The van der Waals surface area contributed by atoms with E-state index >= 15 is 0 Å². The molecule has 2 atom stereocenters. The number of nitrogens with one attached hydrogen (secondary N) is 1. The highest BCUT2D eigenvalue weighted by Crippen LogP contribution is 2.22. The van der Waals surface area contributed by atoms with E-state index < -0.39 is 0 Å². The van der Waals surface area contributed by atoms with E-state index in [0.29, 0.717) is 12.1 Å². The van der Waals surface area contributed by atoms with Gasteiger partial charge in [0.1, 0.15) is 0 Å². The Morgan fingerprint density at radius 2 is 2.35 bits per heavy atom. The summed E-state index contributed by atoms with van der Waals surface area (Å²) in [5, 5.41) is 3.78. The van der Waals surface area contributed by atoms with E-state index in [1.807, 2.05) is 0 Å². The third-order valence-corrected chi connectivity index (χ3v) is 3.98. The predicted molar refractivity (Wildman–Crippen MR) is 76.2 cm³/mol. The van der Waals surface area contributed by atoms with E-state index in [1.165, 1.54) is 29.5 Å². The topological polar surface area (TPSA) is 15.3 Å². The average molecular weight is 297 g/mol. The van der Waals surface area contributed by atoms with Crippen LogP contribution in [0.25, 0.3) is 0 Å². The lowest BCUT2D eigenvalue weighted by Gasteiger charge is -2.22. The number of benzene rings is 1. The highest BCUT2D eigenvalue weighted by Gasteiger charge is 2.22. The lowest BCUT2D eigenvalue weighted by atomic mass is 10.0. The van der Waals surface area contributed by atoms with E-state index in [2.05, 4.69) is 64.4 Å². The summed E-state index contributed by atoms with van der Waals surface area (Å²) in [6, 6.07) is 9.75. The quantitative estimate of drug-likeness (QED) is 0.918. The summed E-state index contributed by atoms with van der Waals surface area (Å²) >= 11 is 3.55. The molecule has 1 aliphatic heterocycles. The number of halogens is 1. The van der Waals surface area contributed by atoms with Gasteiger partial charge in [-0.05, 0) is 44.1 Å². The first-order valence-corrected chi connectivity index (χ1v) is 7.18. The van der Waals surface area contributed by atoms with Crippen molar-refractivity contribution >= 4 is 15.9 Å². The number of hydrogen-bond acceptors (Lipinski definition) is 2. The van der Waals surface area contributed by atoms with Gasteiger partial charge in [0, 0.05) is 23.1 Å². The molecule has 0 radical (unpaired) electrons. The first-order valence-electron chi connectivity index (χ1n) is 6.39. The summed E-state index contributed by atoms with van der Waals surface area (Å²) in [5.74, 6) is 0. The molecule has 2 rings (SSSR count). The largest absolute Gasteiger partial charge is 0.306 e. The van der Waals surface area contributed by atoms with Crippen LogP contribution in [0, 0.1) is 0 Å². The smallest absolute Gasteiger partial charge is 0.0320 e. The van der Waals surface area contributed by atoms with Crippen molar-refractivity contribution in [2.75, 3.05) is 20.1 Å². The Balaban J connectivity index is 2.01. The molecule has 2 unspecified atom stereocenters. The van der Waals surface area contributed by atoms with Gasteiger partial charge in [-0.15, -0.1) is 0 Å². The van der Waals surface area contributed by atoms with Gasteiger partial charge in [0.15, 0.2) is 0 Å². The van der Waals surface area contributed by atoms with Gasteiger partial charge >= 0.3 is 0 Å². The second kappa shape index (κ2) is 5.98. The summed E-state index contributed by atoms with van der Waals surface area (Å²) in [6.45, 7) is 4.63. The molecule has 0 saturated carbocycles. The maximum atomic E-state index is 3.78. The highest BCUT2D eigenvalue weighted by molar-refractivity contribution is 9.10. The van der Waals surface area contributed by atoms with Crippen LogP contribution in [0.1, 0.15) is 31.4 Å². The van der Waals surface area contributed by atoms with Gasteiger partial charge in [0.25, 0.3) is 0 Å². The van der Waals surface area contributed by atoms with Gasteiger partial charge in [-0.25, -0.2) is 0 Å². The second-order valence-corrected chi connectivity index (χ2v) is 5.85. The highest BCUT2D eigenvalue weighted by atomic mass is 79.9. The minimum absolute atomic E-state index is 0.476. The summed E-state index contributed by atoms with van der Waals surface area (Å²) in [6.07, 6.45) is 2.40. The number of rotatable bonds is 4. The van der Waals surface area contributed by atoms with Crippen molar-refractivity contribution in [3.8, 4) is 0 Å². The molecule has 3 heteroatoms. The van der Waals surface area contributed by atoms with Crippen molar-refractivity contribution < 1.29 is 0 Å². The Morgan fingerprint density at radius 3 is 2.94 bits per heavy atom. The number of nitrogens with zero attached hydrogens (tertiary/aromatic N) is 1. The fourth-order valence-corrected chi connectivity index (χ4v) is 2.95. The SMILES string of the molecule is CCC(NC1CCN(C)C1)c1cccc(Br)c1. The molecule has 1 heterocycles. The summed E-state index contributed by atoms with van der Waals surface area (Å²) in [4.78, 5) is 2.39. The second-order valence-electron chi connectivity index (χ2n) is 4.93. The molecule has 0 spiro atoms. The molecule has 1 fully saturated rings. The summed E-state index contributed by atoms with van der Waals surface area (Å²) in [7, 11) is 2.20. The van der Waals surface area contributed by atoms with E-state index in [1.54, 1.807) is 0 Å². The Labute approximate surface area is 113 Å². The standard InChI is InChI=1S/C14H21BrN2/c1-3-14(11-5-4-6-12(15)9-11)16-13-7-8-17(2)10-13/h4-6,9,13-14,16H,3,7-8,10H2,1-2H3. The molecule has 1 aromatic carbocycles. The molecule has 1 N–H and O–H groups in total. The van der Waals surface area contributed by atoms with Gasteiger partial charge in [0.05, 0.1) is 0 Å². The molecule has 2 nitrogen and oxygen atoms in total. The van der Waals surface area contributed by atoms with E-state index in [0.717, 1.165) is 6.42 Å². The monoisotopic (exact) mass is 296 g/mol. The van der Waals surface area contributed by atoms with Crippen molar-refractivity contribution in [2.45, 2.75) is 31.8 Å². The summed E-state index contributed by atoms with van der Waals surface area (Å²) < 4.78 is 1.17. The van der Waals surface area contributed by atoms with E-state index in [-0.39, 0.29) is 0 Å². The number of hydrogen-bond donors (Lipinski definition) is 1. The Morgan fingerprint density at radius 1 is 1.53 bits per heavy atom. The first kappa shape index (κ1) is 13.1. The van der Waals surface area contributed by atoms with E-state index in [4.69, 9.17) is 0 Å². The number of likely N-dealkylation sites (N-methyl/N-ethyl adjacent to an activating group) is 1. The molecule has 94 valence electrons.